The van der Waals surface area contributed by atoms with Crippen molar-refractivity contribution in [3.63, 3.8) is 0 Å². The lowest BCUT2D eigenvalue weighted by atomic mass is 9.94. The van der Waals surface area contributed by atoms with Crippen molar-refractivity contribution in [3.05, 3.63) is 0 Å². The van der Waals surface area contributed by atoms with E-state index < -0.39 is 0 Å². The van der Waals surface area contributed by atoms with Crippen LogP contribution in [0.1, 0.15) is 6.42 Å². The second-order valence-corrected chi connectivity index (χ2v) is 3.59. The van der Waals surface area contributed by atoms with Gasteiger partial charge in [-0.3, -0.25) is 4.79 Å². The summed E-state index contributed by atoms with van der Waals surface area (Å²) in [4.78, 5) is 13.1. The minimum absolute atomic E-state index is 0. The van der Waals surface area contributed by atoms with Crippen LogP contribution in [0.3, 0.4) is 0 Å². The summed E-state index contributed by atoms with van der Waals surface area (Å²) in [6.07, 6.45) is 1.17. The molecule has 2 fully saturated rings. The van der Waals surface area contributed by atoms with Crippen molar-refractivity contribution in [1.29, 1.82) is 0 Å². The van der Waals surface area contributed by atoms with E-state index in [1.165, 1.54) is 13.0 Å². The molecule has 0 aromatic rings. The number of fused-ring (bicyclic) bond motifs is 2. The maximum absolute atomic E-state index is 10.8. The van der Waals surface area contributed by atoms with Crippen molar-refractivity contribution < 1.29 is 4.79 Å². The lowest BCUT2D eigenvalue weighted by Crippen LogP contribution is -2.26. The van der Waals surface area contributed by atoms with E-state index >= 15 is 0 Å². The van der Waals surface area contributed by atoms with Crippen molar-refractivity contribution in [2.45, 2.75) is 6.42 Å². The third-order valence-electron chi connectivity index (χ3n) is 2.62. The molecule has 0 aromatic heterocycles. The molecule has 2 rings (SSSR count). The molecule has 2 heterocycles. The Bertz CT molecular complexity index is 174. The van der Waals surface area contributed by atoms with Gasteiger partial charge in [0, 0.05) is 19.0 Å². The van der Waals surface area contributed by atoms with Crippen molar-refractivity contribution in [1.82, 2.24) is 4.90 Å². The highest BCUT2D eigenvalue weighted by Gasteiger charge is 2.40. The minimum Gasteiger partial charge on any atom is -0.302 e. The average molecular weight is 196 g/mol. The predicted molar refractivity (Wildman–Crippen MR) is 46.1 cm³/mol. The summed E-state index contributed by atoms with van der Waals surface area (Å²) in [7, 11) is 0. The number of hydrogen-bond acceptors (Lipinski definition) is 2. The van der Waals surface area contributed by atoms with E-state index in [9.17, 15) is 4.79 Å². The predicted octanol–water partition coefficient (Wildman–Crippen LogP) is 1.13. The zero-order chi connectivity index (χ0) is 7.14. The standard InChI is InChI=1S/C7H10ClNO.ClH/c8-7(10)6-4-9-2-1-5(6)3-9;/h5-6H,1-4H2;1H/t5-,6-;/m0./s1. The van der Waals surface area contributed by atoms with E-state index in [-0.39, 0.29) is 23.6 Å². The van der Waals surface area contributed by atoms with Crippen LogP contribution < -0.4 is 0 Å². The monoisotopic (exact) mass is 195 g/mol. The van der Waals surface area contributed by atoms with Gasteiger partial charge >= 0.3 is 0 Å². The third kappa shape index (κ3) is 1.53. The first-order chi connectivity index (χ1) is 4.77. The Morgan fingerprint density at radius 1 is 1.45 bits per heavy atom. The van der Waals surface area contributed by atoms with Crippen LogP contribution in [0.25, 0.3) is 0 Å². The van der Waals surface area contributed by atoms with Gasteiger partial charge in [0.25, 0.3) is 0 Å². The first-order valence-corrected chi connectivity index (χ1v) is 4.07. The lowest BCUT2D eigenvalue weighted by Gasteiger charge is -2.17. The number of nitrogens with zero attached hydrogens (tertiary/aromatic N) is 1. The molecule has 2 saturated heterocycles. The highest BCUT2D eigenvalue weighted by molar-refractivity contribution is 6.64. The Labute approximate surface area is 77.3 Å². The summed E-state index contributed by atoms with van der Waals surface area (Å²) in [5.41, 5.74) is 0. The smallest absolute Gasteiger partial charge is 0.226 e. The molecule has 0 N–H and O–H groups in total. The average Bonchev–Trinajstić information content (AvgIpc) is 2.44. The van der Waals surface area contributed by atoms with Crippen molar-refractivity contribution in [3.8, 4) is 0 Å². The van der Waals surface area contributed by atoms with Crippen LogP contribution in [0.4, 0.5) is 0 Å². The summed E-state index contributed by atoms with van der Waals surface area (Å²) >= 11 is 5.41. The molecule has 4 heteroatoms. The molecule has 64 valence electrons. The highest BCUT2D eigenvalue weighted by Crippen LogP contribution is 2.33. The van der Waals surface area contributed by atoms with Crippen LogP contribution >= 0.6 is 24.0 Å². The first-order valence-electron chi connectivity index (χ1n) is 3.69. The van der Waals surface area contributed by atoms with Crippen LogP contribution in [0.5, 0.6) is 0 Å². The van der Waals surface area contributed by atoms with Gasteiger partial charge in [-0.1, -0.05) is 0 Å². The minimum atomic E-state index is -0.132. The highest BCUT2D eigenvalue weighted by atomic mass is 35.5. The molecule has 0 amide bonds. The van der Waals surface area contributed by atoms with Crippen molar-refractivity contribution in [2.24, 2.45) is 11.8 Å². The fourth-order valence-electron chi connectivity index (χ4n) is 2.04. The van der Waals surface area contributed by atoms with E-state index in [2.05, 4.69) is 4.90 Å². The molecule has 11 heavy (non-hydrogen) atoms. The zero-order valence-electron chi connectivity index (χ0n) is 6.12. The Balaban J connectivity index is 0.000000605. The quantitative estimate of drug-likeness (QED) is 0.586. The molecule has 2 aliphatic rings. The van der Waals surface area contributed by atoms with Crippen LogP contribution in [-0.4, -0.2) is 29.8 Å². The van der Waals surface area contributed by atoms with Gasteiger partial charge < -0.3 is 4.90 Å². The van der Waals surface area contributed by atoms with Gasteiger partial charge in [0.1, 0.15) is 0 Å². The number of halogens is 2. The molecule has 0 spiro atoms. The molecule has 2 aliphatic heterocycles. The number of rotatable bonds is 1. The number of carbonyl (C=O) groups excluding carboxylic acids is 1. The van der Waals surface area contributed by atoms with E-state index in [1.54, 1.807) is 0 Å². The zero-order valence-corrected chi connectivity index (χ0v) is 7.70. The van der Waals surface area contributed by atoms with E-state index in [0.717, 1.165) is 13.1 Å². The first kappa shape index (κ1) is 9.30. The van der Waals surface area contributed by atoms with Gasteiger partial charge in [-0.15, -0.1) is 12.4 Å². The van der Waals surface area contributed by atoms with E-state index in [0.29, 0.717) is 5.92 Å². The van der Waals surface area contributed by atoms with Gasteiger partial charge in [0.2, 0.25) is 5.24 Å². The van der Waals surface area contributed by atoms with E-state index in [4.69, 9.17) is 11.6 Å². The fourth-order valence-corrected chi connectivity index (χ4v) is 2.29. The third-order valence-corrected chi connectivity index (χ3v) is 2.90. The molecule has 0 radical (unpaired) electrons. The van der Waals surface area contributed by atoms with Gasteiger partial charge in [0.05, 0.1) is 0 Å². The topological polar surface area (TPSA) is 20.3 Å². The summed E-state index contributed by atoms with van der Waals surface area (Å²) < 4.78 is 0. The second-order valence-electron chi connectivity index (χ2n) is 3.22. The summed E-state index contributed by atoms with van der Waals surface area (Å²) in [5, 5.41) is -0.132. The SMILES string of the molecule is Cl.O=C(Cl)[C@H]1CN2CC[C@H]1C2. The number of carbonyl (C=O) groups is 1. The van der Waals surface area contributed by atoms with Crippen molar-refractivity contribution in [2.75, 3.05) is 19.6 Å². The Morgan fingerprint density at radius 2 is 2.18 bits per heavy atom. The Morgan fingerprint density at radius 3 is 2.45 bits per heavy atom. The molecule has 0 aliphatic carbocycles. The molecular weight excluding hydrogens is 185 g/mol. The van der Waals surface area contributed by atoms with E-state index in [1.807, 2.05) is 0 Å². The van der Waals surface area contributed by atoms with Crippen molar-refractivity contribution >= 4 is 29.3 Å². The molecule has 2 nitrogen and oxygen atoms in total. The molecule has 1 unspecified atom stereocenters. The van der Waals surface area contributed by atoms with Crippen LogP contribution in [0.15, 0.2) is 0 Å². The number of piperidine rings is 1. The molecule has 0 aromatic carbocycles. The van der Waals surface area contributed by atoms with Gasteiger partial charge in [-0.25, -0.2) is 0 Å². The maximum Gasteiger partial charge on any atom is 0.226 e. The Kier molecular flexibility index (Phi) is 2.79. The summed E-state index contributed by atoms with van der Waals surface area (Å²) in [6, 6.07) is 0. The summed E-state index contributed by atoms with van der Waals surface area (Å²) in [6.45, 7) is 3.18. The molecule has 2 bridgehead atoms. The van der Waals surface area contributed by atoms with Gasteiger partial charge in [0.15, 0.2) is 0 Å². The summed E-state index contributed by atoms with van der Waals surface area (Å²) in [5.74, 6) is 0.723. The van der Waals surface area contributed by atoms with Gasteiger partial charge in [-0.2, -0.15) is 0 Å². The largest absolute Gasteiger partial charge is 0.302 e. The lowest BCUT2D eigenvalue weighted by molar-refractivity contribution is -0.116. The maximum atomic E-state index is 10.8. The fraction of sp³-hybridized carbons (Fsp3) is 0.857. The van der Waals surface area contributed by atoms with Crippen LogP contribution in [0, 0.1) is 11.8 Å². The van der Waals surface area contributed by atoms with Crippen LogP contribution in [-0.2, 0) is 4.79 Å². The molecule has 0 saturated carbocycles. The Hall–Kier alpha value is 0.210. The van der Waals surface area contributed by atoms with Gasteiger partial charge in [-0.05, 0) is 30.5 Å². The second kappa shape index (κ2) is 3.30. The molecular formula is C7H11Cl2NO. The molecule has 3 atom stereocenters. The normalized spacial score (nSPS) is 40.3. The van der Waals surface area contributed by atoms with Crippen LogP contribution in [0.2, 0.25) is 0 Å². The number of hydrogen-bond donors (Lipinski definition) is 0.